The fraction of sp³-hybridized carbons (Fsp3) is 0.571. The van der Waals surface area contributed by atoms with Gasteiger partial charge >= 0.3 is 0 Å². The lowest BCUT2D eigenvalue weighted by Gasteiger charge is -2.29. The van der Waals surface area contributed by atoms with E-state index in [1.165, 1.54) is 40.6 Å². The predicted molar refractivity (Wildman–Crippen MR) is 103 cm³/mol. The monoisotopic (exact) mass is 358 g/mol. The van der Waals surface area contributed by atoms with Crippen LogP contribution >= 0.6 is 11.6 Å². The Balaban J connectivity index is 1.50. The summed E-state index contributed by atoms with van der Waals surface area (Å²) in [5, 5.41) is 5.36. The van der Waals surface area contributed by atoms with Crippen molar-refractivity contribution in [3.63, 3.8) is 0 Å². The number of nitrogens with one attached hydrogen (secondary N) is 2. The molecule has 1 atom stereocenters. The van der Waals surface area contributed by atoms with Crippen molar-refractivity contribution >= 4 is 28.4 Å². The first-order chi connectivity index (χ1) is 12.0. The van der Waals surface area contributed by atoms with Crippen LogP contribution in [0.1, 0.15) is 55.8 Å². The zero-order chi connectivity index (χ0) is 17.6. The summed E-state index contributed by atoms with van der Waals surface area (Å²) in [6, 6.07) is 4.32. The second kappa shape index (κ2) is 6.68. The van der Waals surface area contributed by atoms with Crippen molar-refractivity contribution < 1.29 is 4.79 Å². The third kappa shape index (κ3) is 3.31. The molecule has 4 heteroatoms. The SMILES string of the molecule is Cc1cc(Cl)cc2c3c([nH]c12)CC[C@H](NC(=O)C1CCC(C)CC1)C3. The molecule has 0 saturated heterocycles. The van der Waals surface area contributed by atoms with E-state index in [9.17, 15) is 4.79 Å². The van der Waals surface area contributed by atoms with Gasteiger partial charge in [-0.3, -0.25) is 4.79 Å². The van der Waals surface area contributed by atoms with Crippen LogP contribution < -0.4 is 5.32 Å². The van der Waals surface area contributed by atoms with Gasteiger partial charge in [0.25, 0.3) is 0 Å². The summed E-state index contributed by atoms with van der Waals surface area (Å²) in [7, 11) is 0. The highest BCUT2D eigenvalue weighted by Crippen LogP contribution is 2.33. The summed E-state index contributed by atoms with van der Waals surface area (Å²) in [6.07, 6.45) is 7.39. The molecule has 1 aromatic carbocycles. The maximum absolute atomic E-state index is 12.7. The van der Waals surface area contributed by atoms with Gasteiger partial charge in [-0.15, -0.1) is 0 Å². The molecule has 2 N–H and O–H groups in total. The van der Waals surface area contributed by atoms with Crippen LogP contribution in [0.3, 0.4) is 0 Å². The average Bonchev–Trinajstić information content (AvgIpc) is 2.94. The second-order valence-electron chi connectivity index (χ2n) is 8.13. The fourth-order valence-electron chi connectivity index (χ4n) is 4.61. The Labute approximate surface area is 154 Å². The van der Waals surface area contributed by atoms with Gasteiger partial charge in [-0.2, -0.15) is 0 Å². The van der Waals surface area contributed by atoms with E-state index in [0.717, 1.165) is 43.0 Å². The number of aromatic nitrogens is 1. The summed E-state index contributed by atoms with van der Waals surface area (Å²) in [4.78, 5) is 16.2. The normalized spacial score (nSPS) is 26.4. The van der Waals surface area contributed by atoms with Gasteiger partial charge in [0.1, 0.15) is 0 Å². The first kappa shape index (κ1) is 17.0. The molecule has 2 aliphatic rings. The van der Waals surface area contributed by atoms with E-state index in [1.54, 1.807) is 0 Å². The Kier molecular flexibility index (Phi) is 4.53. The molecule has 1 heterocycles. The molecule has 134 valence electrons. The van der Waals surface area contributed by atoms with Crippen LogP contribution in [0.4, 0.5) is 0 Å². The predicted octanol–water partition coefficient (Wildman–Crippen LogP) is 4.93. The molecule has 2 aliphatic carbocycles. The van der Waals surface area contributed by atoms with E-state index in [0.29, 0.717) is 0 Å². The van der Waals surface area contributed by atoms with E-state index in [4.69, 9.17) is 11.6 Å². The number of carbonyl (C=O) groups is 1. The van der Waals surface area contributed by atoms with Crippen LogP contribution in [-0.4, -0.2) is 16.9 Å². The average molecular weight is 359 g/mol. The van der Waals surface area contributed by atoms with Crippen LogP contribution in [0.2, 0.25) is 5.02 Å². The first-order valence-electron chi connectivity index (χ1n) is 9.61. The molecule has 4 rings (SSSR count). The molecule has 0 spiro atoms. The Morgan fingerprint density at radius 1 is 1.20 bits per heavy atom. The molecule has 2 aromatic rings. The number of amides is 1. The second-order valence-corrected chi connectivity index (χ2v) is 8.57. The molecule has 0 radical (unpaired) electrons. The number of H-pyrrole nitrogens is 1. The molecule has 3 nitrogen and oxygen atoms in total. The molecule has 1 fully saturated rings. The van der Waals surface area contributed by atoms with Crippen LogP contribution in [0.25, 0.3) is 10.9 Å². The molecule has 0 unspecified atom stereocenters. The minimum absolute atomic E-state index is 0.220. The van der Waals surface area contributed by atoms with Crippen LogP contribution in [0, 0.1) is 18.8 Å². The Hall–Kier alpha value is -1.48. The summed E-state index contributed by atoms with van der Waals surface area (Å²) < 4.78 is 0. The molecule has 25 heavy (non-hydrogen) atoms. The standard InChI is InChI=1S/C21H27ClN2O/c1-12-3-5-14(6-4-12)21(25)23-16-7-8-19-17(11-16)18-10-15(22)9-13(2)20(18)24-19/h9-10,12,14,16,24H,3-8,11H2,1-2H3,(H,23,25)/t12?,14?,16-/m0/s1. The number of fused-ring (bicyclic) bond motifs is 3. The minimum atomic E-state index is 0.220. The quantitative estimate of drug-likeness (QED) is 0.785. The maximum atomic E-state index is 12.7. The molecular weight excluding hydrogens is 332 g/mol. The number of carbonyl (C=O) groups excluding carboxylic acids is 1. The number of hydrogen-bond donors (Lipinski definition) is 2. The van der Waals surface area contributed by atoms with Crippen molar-refractivity contribution in [1.29, 1.82) is 0 Å². The zero-order valence-electron chi connectivity index (χ0n) is 15.1. The lowest BCUT2D eigenvalue weighted by atomic mass is 9.82. The molecule has 1 saturated carbocycles. The van der Waals surface area contributed by atoms with Crippen molar-refractivity contribution in [1.82, 2.24) is 10.3 Å². The lowest BCUT2D eigenvalue weighted by molar-refractivity contribution is -0.127. The van der Waals surface area contributed by atoms with Crippen LogP contribution in [0.5, 0.6) is 0 Å². The molecule has 0 bridgehead atoms. The molecule has 1 amide bonds. The van der Waals surface area contributed by atoms with Crippen molar-refractivity contribution in [2.75, 3.05) is 0 Å². The van der Waals surface area contributed by atoms with Gasteiger partial charge < -0.3 is 10.3 Å². The highest BCUT2D eigenvalue weighted by Gasteiger charge is 2.28. The van der Waals surface area contributed by atoms with Gasteiger partial charge in [-0.25, -0.2) is 0 Å². The van der Waals surface area contributed by atoms with Gasteiger partial charge in [-0.05, 0) is 81.0 Å². The van der Waals surface area contributed by atoms with Crippen molar-refractivity contribution in [3.05, 3.63) is 34.0 Å². The van der Waals surface area contributed by atoms with E-state index >= 15 is 0 Å². The van der Waals surface area contributed by atoms with Gasteiger partial charge in [0, 0.05) is 33.6 Å². The van der Waals surface area contributed by atoms with Gasteiger partial charge in [-0.1, -0.05) is 18.5 Å². The fourth-order valence-corrected chi connectivity index (χ4v) is 4.89. The number of aromatic amines is 1. The van der Waals surface area contributed by atoms with E-state index in [2.05, 4.69) is 30.2 Å². The number of halogens is 1. The summed E-state index contributed by atoms with van der Waals surface area (Å²) >= 11 is 6.27. The van der Waals surface area contributed by atoms with Crippen molar-refractivity contribution in [2.24, 2.45) is 11.8 Å². The number of hydrogen-bond acceptors (Lipinski definition) is 1. The summed E-state index contributed by atoms with van der Waals surface area (Å²) in [5.74, 6) is 1.27. The van der Waals surface area contributed by atoms with E-state index in [-0.39, 0.29) is 17.9 Å². The van der Waals surface area contributed by atoms with Crippen LogP contribution in [0.15, 0.2) is 12.1 Å². The van der Waals surface area contributed by atoms with Gasteiger partial charge in [0.15, 0.2) is 0 Å². The lowest BCUT2D eigenvalue weighted by Crippen LogP contribution is -2.42. The van der Waals surface area contributed by atoms with Gasteiger partial charge in [0.2, 0.25) is 5.91 Å². The molecule has 0 aliphatic heterocycles. The Morgan fingerprint density at radius 2 is 1.96 bits per heavy atom. The third-order valence-electron chi connectivity index (χ3n) is 6.19. The van der Waals surface area contributed by atoms with E-state index < -0.39 is 0 Å². The number of benzene rings is 1. The summed E-state index contributed by atoms with van der Waals surface area (Å²) in [5.41, 5.74) is 5.04. The zero-order valence-corrected chi connectivity index (χ0v) is 15.9. The molecular formula is C21H27ClN2O. The molecule has 1 aromatic heterocycles. The Morgan fingerprint density at radius 3 is 2.72 bits per heavy atom. The summed E-state index contributed by atoms with van der Waals surface area (Å²) in [6.45, 7) is 4.39. The third-order valence-corrected chi connectivity index (χ3v) is 6.41. The van der Waals surface area contributed by atoms with Crippen molar-refractivity contribution in [3.8, 4) is 0 Å². The van der Waals surface area contributed by atoms with Crippen LogP contribution in [-0.2, 0) is 17.6 Å². The minimum Gasteiger partial charge on any atom is -0.358 e. The largest absolute Gasteiger partial charge is 0.358 e. The highest BCUT2D eigenvalue weighted by atomic mass is 35.5. The van der Waals surface area contributed by atoms with Gasteiger partial charge in [0.05, 0.1) is 0 Å². The highest BCUT2D eigenvalue weighted by molar-refractivity contribution is 6.31. The topological polar surface area (TPSA) is 44.9 Å². The van der Waals surface area contributed by atoms with Crippen molar-refractivity contribution in [2.45, 2.75) is 64.8 Å². The maximum Gasteiger partial charge on any atom is 0.223 e. The number of aryl methyl sites for hydroxylation is 2. The smallest absolute Gasteiger partial charge is 0.223 e. The first-order valence-corrected chi connectivity index (χ1v) is 9.99. The number of rotatable bonds is 2. The Bertz CT molecular complexity index is 802. The van der Waals surface area contributed by atoms with E-state index in [1.807, 2.05) is 6.07 Å².